The zero-order valence-electron chi connectivity index (χ0n) is 11.7. The van der Waals surface area contributed by atoms with E-state index < -0.39 is 0 Å². The summed E-state index contributed by atoms with van der Waals surface area (Å²) in [5, 5.41) is 8.93. The first-order valence-electron chi connectivity index (χ1n) is 7.06. The standard InChI is InChI=1S/C16H21NO2/c1-3-18-16-10-13(11-17)6-9-15(16)19-14-7-4-12(2)5-8-14/h6,9-10,12,14H,3-5,7-8H2,1-2H3. The summed E-state index contributed by atoms with van der Waals surface area (Å²) in [4.78, 5) is 0. The van der Waals surface area contributed by atoms with Crippen molar-refractivity contribution >= 4 is 0 Å². The molecule has 0 aromatic heterocycles. The largest absolute Gasteiger partial charge is 0.490 e. The van der Waals surface area contributed by atoms with Gasteiger partial charge in [-0.25, -0.2) is 0 Å². The van der Waals surface area contributed by atoms with Crippen molar-refractivity contribution in [2.45, 2.75) is 45.6 Å². The van der Waals surface area contributed by atoms with Crippen LogP contribution in [-0.4, -0.2) is 12.7 Å². The maximum Gasteiger partial charge on any atom is 0.162 e. The molecule has 0 saturated heterocycles. The fourth-order valence-corrected chi connectivity index (χ4v) is 2.47. The topological polar surface area (TPSA) is 42.2 Å². The molecular weight excluding hydrogens is 238 g/mol. The van der Waals surface area contributed by atoms with Crippen molar-refractivity contribution in [1.29, 1.82) is 5.26 Å². The van der Waals surface area contributed by atoms with Gasteiger partial charge in [-0.05, 0) is 50.7 Å². The Balaban J connectivity index is 2.08. The number of ether oxygens (including phenoxy) is 2. The lowest BCUT2D eigenvalue weighted by Gasteiger charge is -2.27. The molecule has 0 atom stereocenters. The fraction of sp³-hybridized carbons (Fsp3) is 0.562. The maximum absolute atomic E-state index is 8.93. The fourth-order valence-electron chi connectivity index (χ4n) is 2.47. The van der Waals surface area contributed by atoms with E-state index in [1.165, 1.54) is 12.8 Å². The molecule has 1 fully saturated rings. The third kappa shape index (κ3) is 3.64. The summed E-state index contributed by atoms with van der Waals surface area (Å²) < 4.78 is 11.6. The number of hydrogen-bond acceptors (Lipinski definition) is 3. The van der Waals surface area contributed by atoms with Crippen molar-refractivity contribution in [3.05, 3.63) is 23.8 Å². The Kier molecular flexibility index (Phi) is 4.68. The summed E-state index contributed by atoms with van der Waals surface area (Å²) in [5.41, 5.74) is 0.605. The second-order valence-corrected chi connectivity index (χ2v) is 5.21. The van der Waals surface area contributed by atoms with Crippen LogP contribution < -0.4 is 9.47 Å². The van der Waals surface area contributed by atoms with Gasteiger partial charge in [0.15, 0.2) is 11.5 Å². The zero-order chi connectivity index (χ0) is 13.7. The smallest absolute Gasteiger partial charge is 0.162 e. The molecule has 0 heterocycles. The summed E-state index contributed by atoms with van der Waals surface area (Å²) >= 11 is 0. The number of rotatable bonds is 4. The van der Waals surface area contributed by atoms with E-state index in [1.807, 2.05) is 13.0 Å². The highest BCUT2D eigenvalue weighted by Crippen LogP contribution is 2.33. The van der Waals surface area contributed by atoms with Crippen LogP contribution >= 0.6 is 0 Å². The Bertz CT molecular complexity index is 456. The summed E-state index contributed by atoms with van der Waals surface area (Å²) in [5.74, 6) is 2.26. The molecule has 1 aliphatic rings. The number of nitriles is 1. The minimum Gasteiger partial charge on any atom is -0.490 e. The van der Waals surface area contributed by atoms with Crippen LogP contribution in [0.4, 0.5) is 0 Å². The molecule has 102 valence electrons. The van der Waals surface area contributed by atoms with Gasteiger partial charge in [-0.1, -0.05) is 6.92 Å². The summed E-state index contributed by atoms with van der Waals surface area (Å²) in [7, 11) is 0. The van der Waals surface area contributed by atoms with Crippen molar-refractivity contribution < 1.29 is 9.47 Å². The average molecular weight is 259 g/mol. The number of hydrogen-bond donors (Lipinski definition) is 0. The normalized spacial score (nSPS) is 22.6. The molecular formula is C16H21NO2. The molecule has 0 radical (unpaired) electrons. The van der Waals surface area contributed by atoms with Gasteiger partial charge in [-0.2, -0.15) is 5.26 Å². The molecule has 0 spiro atoms. The van der Waals surface area contributed by atoms with Crippen LogP contribution in [0.5, 0.6) is 11.5 Å². The van der Waals surface area contributed by atoms with E-state index in [1.54, 1.807) is 12.1 Å². The predicted molar refractivity (Wildman–Crippen MR) is 74.4 cm³/mol. The Morgan fingerprint density at radius 1 is 1.21 bits per heavy atom. The summed E-state index contributed by atoms with van der Waals surface area (Å²) in [6.45, 7) is 4.81. The molecule has 1 aromatic carbocycles. The molecule has 19 heavy (non-hydrogen) atoms. The SMILES string of the molecule is CCOc1cc(C#N)ccc1OC1CCC(C)CC1. The van der Waals surface area contributed by atoms with Gasteiger partial charge >= 0.3 is 0 Å². The lowest BCUT2D eigenvalue weighted by Crippen LogP contribution is -2.23. The van der Waals surface area contributed by atoms with Gasteiger partial charge in [0.1, 0.15) is 0 Å². The van der Waals surface area contributed by atoms with Crippen LogP contribution in [0.25, 0.3) is 0 Å². The minimum absolute atomic E-state index is 0.281. The number of nitrogens with zero attached hydrogens (tertiary/aromatic N) is 1. The molecule has 2 rings (SSSR count). The second-order valence-electron chi connectivity index (χ2n) is 5.21. The van der Waals surface area contributed by atoms with Gasteiger partial charge in [0.25, 0.3) is 0 Å². The van der Waals surface area contributed by atoms with Crippen molar-refractivity contribution in [3.63, 3.8) is 0 Å². The van der Waals surface area contributed by atoms with Crippen LogP contribution in [-0.2, 0) is 0 Å². The van der Waals surface area contributed by atoms with Gasteiger partial charge in [0.2, 0.25) is 0 Å². The Labute approximate surface area is 115 Å². The molecule has 1 aromatic rings. The van der Waals surface area contributed by atoms with E-state index in [9.17, 15) is 0 Å². The van der Waals surface area contributed by atoms with E-state index in [0.717, 1.165) is 24.5 Å². The molecule has 0 N–H and O–H groups in total. The van der Waals surface area contributed by atoms with Crippen LogP contribution in [0.2, 0.25) is 0 Å². The molecule has 0 aliphatic heterocycles. The van der Waals surface area contributed by atoms with Gasteiger partial charge in [0.05, 0.1) is 24.3 Å². The van der Waals surface area contributed by atoms with E-state index >= 15 is 0 Å². The highest BCUT2D eigenvalue weighted by molar-refractivity contribution is 5.46. The first-order valence-corrected chi connectivity index (χ1v) is 7.06. The van der Waals surface area contributed by atoms with E-state index in [2.05, 4.69) is 13.0 Å². The maximum atomic E-state index is 8.93. The number of benzene rings is 1. The predicted octanol–water partition coefficient (Wildman–Crippen LogP) is 3.91. The first kappa shape index (κ1) is 13.7. The lowest BCUT2D eigenvalue weighted by molar-refractivity contribution is 0.130. The molecule has 0 amide bonds. The van der Waals surface area contributed by atoms with E-state index in [0.29, 0.717) is 17.9 Å². The molecule has 1 saturated carbocycles. The van der Waals surface area contributed by atoms with Gasteiger partial charge in [0, 0.05) is 6.07 Å². The zero-order valence-corrected chi connectivity index (χ0v) is 11.7. The molecule has 3 nitrogen and oxygen atoms in total. The third-order valence-corrected chi connectivity index (χ3v) is 3.63. The average Bonchev–Trinajstić information content (AvgIpc) is 2.43. The monoisotopic (exact) mass is 259 g/mol. The first-order chi connectivity index (χ1) is 9.22. The molecule has 0 unspecified atom stereocenters. The molecule has 1 aliphatic carbocycles. The van der Waals surface area contributed by atoms with Crippen molar-refractivity contribution in [2.75, 3.05) is 6.61 Å². The van der Waals surface area contributed by atoms with Crippen LogP contribution in [0.15, 0.2) is 18.2 Å². The highest BCUT2D eigenvalue weighted by atomic mass is 16.5. The van der Waals surface area contributed by atoms with Crippen LogP contribution in [0, 0.1) is 17.2 Å². The molecule has 3 heteroatoms. The van der Waals surface area contributed by atoms with Crippen molar-refractivity contribution in [2.24, 2.45) is 5.92 Å². The van der Waals surface area contributed by atoms with E-state index in [4.69, 9.17) is 14.7 Å². The van der Waals surface area contributed by atoms with E-state index in [-0.39, 0.29) is 6.10 Å². The lowest BCUT2D eigenvalue weighted by atomic mass is 9.89. The minimum atomic E-state index is 0.281. The quantitative estimate of drug-likeness (QED) is 0.823. The van der Waals surface area contributed by atoms with Crippen molar-refractivity contribution in [3.8, 4) is 17.6 Å². The Morgan fingerprint density at radius 2 is 1.95 bits per heavy atom. The van der Waals surface area contributed by atoms with Gasteiger partial charge in [-0.15, -0.1) is 0 Å². The van der Waals surface area contributed by atoms with Crippen LogP contribution in [0.1, 0.15) is 45.1 Å². The van der Waals surface area contributed by atoms with Gasteiger partial charge < -0.3 is 9.47 Å². The van der Waals surface area contributed by atoms with Crippen LogP contribution in [0.3, 0.4) is 0 Å². The van der Waals surface area contributed by atoms with Gasteiger partial charge in [-0.3, -0.25) is 0 Å². The Hall–Kier alpha value is -1.69. The van der Waals surface area contributed by atoms with Crippen molar-refractivity contribution in [1.82, 2.24) is 0 Å². The second kappa shape index (κ2) is 6.47. The highest BCUT2D eigenvalue weighted by Gasteiger charge is 2.20. The molecule has 0 bridgehead atoms. The summed E-state index contributed by atoms with van der Waals surface area (Å²) in [6.07, 6.45) is 4.94. The third-order valence-electron chi connectivity index (χ3n) is 3.63. The Morgan fingerprint density at radius 3 is 2.58 bits per heavy atom. The summed E-state index contributed by atoms with van der Waals surface area (Å²) in [6, 6.07) is 7.51.